The Balaban J connectivity index is 1.74. The van der Waals surface area contributed by atoms with Crippen LogP contribution in [0.1, 0.15) is 30.3 Å². The van der Waals surface area contributed by atoms with E-state index in [-0.39, 0.29) is 11.3 Å². The smallest absolute Gasteiger partial charge is 0.274 e. The van der Waals surface area contributed by atoms with Gasteiger partial charge >= 0.3 is 0 Å². The second-order valence-electron chi connectivity index (χ2n) is 6.34. The van der Waals surface area contributed by atoms with Crippen LogP contribution in [0, 0.1) is 5.41 Å². The average molecular weight is 304 g/mol. The third-order valence-corrected chi connectivity index (χ3v) is 4.70. The predicted octanol–water partition coefficient (Wildman–Crippen LogP) is 1.05. The first-order chi connectivity index (χ1) is 10.7. The number of hydrogen-bond acceptors (Lipinski definition) is 5. The molecule has 6 nitrogen and oxygen atoms in total. The molecule has 1 atom stereocenters. The molecule has 2 saturated heterocycles. The van der Waals surface area contributed by atoms with Crippen LogP contribution in [0.15, 0.2) is 18.6 Å². The van der Waals surface area contributed by atoms with E-state index in [4.69, 9.17) is 4.74 Å². The summed E-state index contributed by atoms with van der Waals surface area (Å²) in [6, 6.07) is 0. The number of hydrogen-bond donors (Lipinski definition) is 0. The van der Waals surface area contributed by atoms with Gasteiger partial charge in [-0.1, -0.05) is 6.92 Å². The Morgan fingerprint density at radius 1 is 1.36 bits per heavy atom. The van der Waals surface area contributed by atoms with Crippen molar-refractivity contribution in [3.63, 3.8) is 0 Å². The molecule has 6 heteroatoms. The Morgan fingerprint density at radius 2 is 2.27 bits per heavy atom. The lowest BCUT2D eigenvalue weighted by Crippen LogP contribution is -2.52. The van der Waals surface area contributed by atoms with Crippen molar-refractivity contribution < 1.29 is 9.53 Å². The van der Waals surface area contributed by atoms with Crippen molar-refractivity contribution in [1.82, 2.24) is 19.8 Å². The summed E-state index contributed by atoms with van der Waals surface area (Å²) < 4.78 is 5.85. The topological polar surface area (TPSA) is 58.6 Å². The number of likely N-dealkylation sites (tertiary alicyclic amines) is 1. The van der Waals surface area contributed by atoms with Crippen molar-refractivity contribution in [3.05, 3.63) is 24.3 Å². The summed E-state index contributed by atoms with van der Waals surface area (Å²) in [4.78, 5) is 25.1. The van der Waals surface area contributed by atoms with Gasteiger partial charge < -0.3 is 14.5 Å². The molecule has 2 fully saturated rings. The first-order valence-corrected chi connectivity index (χ1v) is 8.08. The minimum atomic E-state index is -0.0144. The molecule has 22 heavy (non-hydrogen) atoms. The van der Waals surface area contributed by atoms with Gasteiger partial charge in [-0.05, 0) is 19.4 Å². The highest BCUT2D eigenvalue weighted by Gasteiger charge is 2.40. The van der Waals surface area contributed by atoms with Gasteiger partial charge in [-0.3, -0.25) is 9.78 Å². The largest absolute Gasteiger partial charge is 0.379 e. The molecule has 3 rings (SSSR count). The number of carbonyl (C=O) groups is 1. The molecular weight excluding hydrogens is 280 g/mol. The van der Waals surface area contributed by atoms with E-state index < -0.39 is 0 Å². The Labute approximate surface area is 131 Å². The molecule has 1 aromatic rings. The van der Waals surface area contributed by atoms with Crippen LogP contribution in [0.3, 0.4) is 0 Å². The fourth-order valence-electron chi connectivity index (χ4n) is 3.55. The second-order valence-corrected chi connectivity index (χ2v) is 6.34. The van der Waals surface area contributed by atoms with Crippen LogP contribution >= 0.6 is 0 Å². The molecule has 1 unspecified atom stereocenters. The minimum Gasteiger partial charge on any atom is -0.379 e. The van der Waals surface area contributed by atoms with Crippen molar-refractivity contribution in [2.45, 2.75) is 19.8 Å². The van der Waals surface area contributed by atoms with Crippen LogP contribution in [0.25, 0.3) is 0 Å². The number of aromatic nitrogens is 2. The molecule has 0 radical (unpaired) electrons. The maximum Gasteiger partial charge on any atom is 0.274 e. The Bertz CT molecular complexity index is 510. The van der Waals surface area contributed by atoms with E-state index in [1.54, 1.807) is 18.6 Å². The number of carbonyl (C=O) groups excluding carboxylic acids is 1. The highest BCUT2D eigenvalue weighted by molar-refractivity contribution is 5.92. The lowest BCUT2D eigenvalue weighted by molar-refractivity contribution is 0.00741. The molecule has 2 aliphatic heterocycles. The molecule has 2 aliphatic rings. The zero-order valence-corrected chi connectivity index (χ0v) is 13.2. The van der Waals surface area contributed by atoms with Crippen LogP contribution in [0.5, 0.6) is 0 Å². The fourth-order valence-corrected chi connectivity index (χ4v) is 3.55. The van der Waals surface area contributed by atoms with Crippen LogP contribution in [0.2, 0.25) is 0 Å². The van der Waals surface area contributed by atoms with Crippen LogP contribution in [-0.2, 0) is 4.74 Å². The Morgan fingerprint density at radius 3 is 3.05 bits per heavy atom. The summed E-state index contributed by atoms with van der Waals surface area (Å²) in [5.41, 5.74) is 0.490. The SMILES string of the molecule is CCN1CCOCC2(CCCN(C(=O)c3cnccn3)C2)C1. The van der Waals surface area contributed by atoms with Gasteiger partial charge in [0.05, 0.1) is 19.4 Å². The van der Waals surface area contributed by atoms with E-state index in [1.165, 1.54) is 0 Å². The highest BCUT2D eigenvalue weighted by Crippen LogP contribution is 2.33. The number of rotatable bonds is 2. The number of nitrogens with zero attached hydrogens (tertiary/aromatic N) is 4. The number of ether oxygens (including phenoxy) is 1. The summed E-state index contributed by atoms with van der Waals surface area (Å²) in [6.45, 7) is 8.28. The lowest BCUT2D eigenvalue weighted by atomic mass is 9.80. The molecule has 120 valence electrons. The molecule has 0 aliphatic carbocycles. The Kier molecular flexibility index (Phi) is 4.69. The summed E-state index contributed by atoms with van der Waals surface area (Å²) in [7, 11) is 0. The van der Waals surface area contributed by atoms with Gasteiger partial charge in [0.25, 0.3) is 5.91 Å². The Hall–Kier alpha value is -1.53. The summed E-state index contributed by atoms with van der Waals surface area (Å²) in [5, 5.41) is 0. The van der Waals surface area contributed by atoms with E-state index in [2.05, 4.69) is 21.8 Å². The number of amides is 1. The van der Waals surface area contributed by atoms with E-state index in [0.29, 0.717) is 5.69 Å². The molecule has 1 spiro atoms. The van der Waals surface area contributed by atoms with Gasteiger partial charge in [-0.2, -0.15) is 0 Å². The van der Waals surface area contributed by atoms with Crippen molar-refractivity contribution >= 4 is 5.91 Å². The third-order valence-electron chi connectivity index (χ3n) is 4.70. The quantitative estimate of drug-likeness (QED) is 0.817. The van der Waals surface area contributed by atoms with Crippen molar-refractivity contribution in [2.24, 2.45) is 5.41 Å². The van der Waals surface area contributed by atoms with Crippen LogP contribution in [0.4, 0.5) is 0 Å². The van der Waals surface area contributed by atoms with Crippen LogP contribution < -0.4 is 0 Å². The summed E-state index contributed by atoms with van der Waals surface area (Å²) >= 11 is 0. The molecule has 0 bridgehead atoms. The van der Waals surface area contributed by atoms with Gasteiger partial charge in [-0.15, -0.1) is 0 Å². The molecule has 0 saturated carbocycles. The first kappa shape index (κ1) is 15.4. The van der Waals surface area contributed by atoms with Crippen molar-refractivity contribution in [3.8, 4) is 0 Å². The standard InChI is InChI=1S/C16H24N4O2/c1-2-19-8-9-22-13-16(11-19)4-3-7-20(12-16)15(21)14-10-17-5-6-18-14/h5-6,10H,2-4,7-9,11-13H2,1H3. The molecule has 1 amide bonds. The third kappa shape index (κ3) is 3.28. The molecule has 3 heterocycles. The first-order valence-electron chi connectivity index (χ1n) is 8.08. The monoisotopic (exact) mass is 304 g/mol. The van der Waals surface area contributed by atoms with Gasteiger partial charge in [-0.25, -0.2) is 4.98 Å². The van der Waals surface area contributed by atoms with Gasteiger partial charge in [0.1, 0.15) is 5.69 Å². The van der Waals surface area contributed by atoms with Crippen molar-refractivity contribution in [2.75, 3.05) is 45.9 Å². The number of likely N-dealkylation sites (N-methyl/N-ethyl adjacent to an activating group) is 1. The lowest BCUT2D eigenvalue weighted by Gasteiger charge is -2.43. The number of piperidine rings is 1. The van der Waals surface area contributed by atoms with Crippen LogP contribution in [-0.4, -0.2) is 71.6 Å². The molecule has 1 aromatic heterocycles. The van der Waals surface area contributed by atoms with E-state index >= 15 is 0 Å². The second kappa shape index (κ2) is 6.71. The van der Waals surface area contributed by atoms with Gasteiger partial charge in [0.2, 0.25) is 0 Å². The maximum atomic E-state index is 12.6. The van der Waals surface area contributed by atoms with Gasteiger partial charge in [0.15, 0.2) is 0 Å². The van der Waals surface area contributed by atoms with Gasteiger partial charge in [0, 0.05) is 44.0 Å². The predicted molar refractivity (Wildman–Crippen MR) is 82.5 cm³/mol. The molecule has 0 N–H and O–H groups in total. The minimum absolute atomic E-state index is 0.0144. The molecule has 0 aromatic carbocycles. The average Bonchev–Trinajstić information content (AvgIpc) is 2.77. The highest BCUT2D eigenvalue weighted by atomic mass is 16.5. The summed E-state index contributed by atoms with van der Waals surface area (Å²) in [5.74, 6) is -0.0144. The summed E-state index contributed by atoms with van der Waals surface area (Å²) in [6.07, 6.45) is 6.85. The molecular formula is C16H24N4O2. The maximum absolute atomic E-state index is 12.6. The van der Waals surface area contributed by atoms with Crippen molar-refractivity contribution in [1.29, 1.82) is 0 Å². The zero-order chi connectivity index (χ0) is 15.4. The zero-order valence-electron chi connectivity index (χ0n) is 13.2. The van der Waals surface area contributed by atoms with E-state index in [1.807, 2.05) is 4.90 Å². The van der Waals surface area contributed by atoms with E-state index in [0.717, 1.165) is 58.8 Å². The van der Waals surface area contributed by atoms with E-state index in [9.17, 15) is 4.79 Å². The fraction of sp³-hybridized carbons (Fsp3) is 0.688. The normalized spacial score (nSPS) is 26.9.